The highest BCUT2D eigenvalue weighted by Gasteiger charge is 2.55. The minimum Gasteiger partial charge on any atom is -0.117 e. The first kappa shape index (κ1) is 11.6. The molecule has 0 aliphatic heterocycles. The van der Waals surface area contributed by atoms with Crippen molar-refractivity contribution in [1.82, 2.24) is 0 Å². The maximum atomic E-state index is 6.64. The molecule has 0 radical (unpaired) electrons. The van der Waals surface area contributed by atoms with Crippen LogP contribution in [0.2, 0.25) is 0 Å². The third-order valence-electron chi connectivity index (χ3n) is 4.65. The van der Waals surface area contributed by atoms with Crippen molar-refractivity contribution in [2.45, 2.75) is 44.4 Å². The molecular formula is C16H21Cl. The fraction of sp³-hybridized carbons (Fsp3) is 0.625. The number of halogens is 1. The highest BCUT2D eigenvalue weighted by Crippen LogP contribution is 2.63. The fourth-order valence-electron chi connectivity index (χ4n) is 3.69. The Hall–Kier alpha value is -0.490. The van der Waals surface area contributed by atoms with Gasteiger partial charge < -0.3 is 0 Å². The number of hydrogen-bond acceptors (Lipinski definition) is 0. The summed E-state index contributed by atoms with van der Waals surface area (Å²) in [5.41, 5.74) is 2.78. The second-order valence-corrected chi connectivity index (χ2v) is 6.20. The van der Waals surface area contributed by atoms with E-state index in [0.29, 0.717) is 0 Å². The van der Waals surface area contributed by atoms with Gasteiger partial charge in [0.2, 0.25) is 0 Å². The molecule has 0 amide bonds. The van der Waals surface area contributed by atoms with Gasteiger partial charge in [0.25, 0.3) is 0 Å². The molecule has 17 heavy (non-hydrogen) atoms. The van der Waals surface area contributed by atoms with Crippen molar-refractivity contribution < 1.29 is 0 Å². The van der Waals surface area contributed by atoms with E-state index in [4.69, 9.17) is 11.6 Å². The summed E-state index contributed by atoms with van der Waals surface area (Å²) in [5.74, 6) is 2.68. The van der Waals surface area contributed by atoms with Gasteiger partial charge in [-0.05, 0) is 48.1 Å². The Morgan fingerprint density at radius 3 is 2.41 bits per heavy atom. The molecule has 3 rings (SSSR count). The molecule has 92 valence electrons. The fourth-order valence-corrected chi connectivity index (χ4v) is 4.21. The van der Waals surface area contributed by atoms with Crippen LogP contribution in [0.3, 0.4) is 0 Å². The summed E-state index contributed by atoms with van der Waals surface area (Å²) in [6, 6.07) is 9.01. The van der Waals surface area contributed by atoms with Gasteiger partial charge in [0.1, 0.15) is 0 Å². The zero-order valence-electron chi connectivity index (χ0n) is 10.5. The first-order valence-electron chi connectivity index (χ1n) is 7.04. The predicted octanol–water partition coefficient (Wildman–Crippen LogP) is 4.97. The molecule has 2 aliphatic rings. The molecule has 0 aromatic heterocycles. The van der Waals surface area contributed by atoms with E-state index >= 15 is 0 Å². The number of fused-ring (bicyclic) bond motifs is 1. The molecule has 3 unspecified atom stereocenters. The Kier molecular flexibility index (Phi) is 3.17. The van der Waals surface area contributed by atoms with Gasteiger partial charge in [-0.2, -0.15) is 0 Å². The molecule has 0 saturated heterocycles. The SMILES string of the molecule is CCCc1ccc(C(Cl)C2C3CCCC32)cc1. The second-order valence-electron chi connectivity index (χ2n) is 5.73. The summed E-state index contributed by atoms with van der Waals surface area (Å²) in [4.78, 5) is 0. The Balaban J connectivity index is 1.67. The third-order valence-corrected chi connectivity index (χ3v) is 5.19. The maximum Gasteiger partial charge on any atom is 0.0618 e. The minimum absolute atomic E-state index is 0.265. The van der Waals surface area contributed by atoms with Crippen molar-refractivity contribution in [3.05, 3.63) is 35.4 Å². The van der Waals surface area contributed by atoms with Gasteiger partial charge in [0, 0.05) is 0 Å². The average Bonchev–Trinajstić information content (AvgIpc) is 2.83. The summed E-state index contributed by atoms with van der Waals surface area (Å²) in [5, 5.41) is 0.265. The molecule has 0 N–H and O–H groups in total. The highest BCUT2D eigenvalue weighted by molar-refractivity contribution is 6.21. The van der Waals surface area contributed by atoms with E-state index < -0.39 is 0 Å². The van der Waals surface area contributed by atoms with Crippen molar-refractivity contribution in [2.75, 3.05) is 0 Å². The van der Waals surface area contributed by atoms with Gasteiger partial charge in [0.15, 0.2) is 0 Å². The lowest BCUT2D eigenvalue weighted by Gasteiger charge is -2.12. The van der Waals surface area contributed by atoms with Crippen molar-refractivity contribution >= 4 is 11.6 Å². The Morgan fingerprint density at radius 1 is 1.18 bits per heavy atom. The molecule has 0 heterocycles. The lowest BCUT2D eigenvalue weighted by atomic mass is 10.0. The molecule has 0 bridgehead atoms. The molecule has 1 aromatic carbocycles. The van der Waals surface area contributed by atoms with Crippen LogP contribution >= 0.6 is 11.6 Å². The summed E-state index contributed by atoms with van der Waals surface area (Å²) in [7, 11) is 0. The van der Waals surface area contributed by atoms with Crippen LogP contribution in [-0.2, 0) is 6.42 Å². The summed E-state index contributed by atoms with van der Waals surface area (Å²) >= 11 is 6.64. The smallest absolute Gasteiger partial charge is 0.0618 e. The molecule has 1 heteroatoms. The number of benzene rings is 1. The Labute approximate surface area is 109 Å². The van der Waals surface area contributed by atoms with Crippen molar-refractivity contribution in [2.24, 2.45) is 17.8 Å². The van der Waals surface area contributed by atoms with Crippen molar-refractivity contribution in [3.63, 3.8) is 0 Å². The second kappa shape index (κ2) is 4.65. The van der Waals surface area contributed by atoms with Gasteiger partial charge in [-0.25, -0.2) is 0 Å². The van der Waals surface area contributed by atoms with Crippen LogP contribution in [-0.4, -0.2) is 0 Å². The zero-order chi connectivity index (χ0) is 11.8. The standard InChI is InChI=1S/C16H21Cl/c1-2-4-11-7-9-12(10-8-11)16(17)15-13-5-3-6-14(13)15/h7-10,13-16H,2-6H2,1H3. The van der Waals surface area contributed by atoms with E-state index in [1.165, 1.54) is 43.2 Å². The highest BCUT2D eigenvalue weighted by atomic mass is 35.5. The molecule has 0 spiro atoms. The molecule has 2 aliphatic carbocycles. The van der Waals surface area contributed by atoms with E-state index in [1.807, 2.05) is 0 Å². The first-order chi connectivity index (χ1) is 8.31. The van der Waals surface area contributed by atoms with E-state index in [2.05, 4.69) is 31.2 Å². The van der Waals surface area contributed by atoms with Gasteiger partial charge >= 0.3 is 0 Å². The number of aryl methyl sites for hydroxylation is 1. The van der Waals surface area contributed by atoms with Crippen LogP contribution in [0.4, 0.5) is 0 Å². The van der Waals surface area contributed by atoms with Crippen LogP contribution in [0, 0.1) is 17.8 Å². The van der Waals surface area contributed by atoms with E-state index in [9.17, 15) is 0 Å². The molecule has 0 nitrogen and oxygen atoms in total. The van der Waals surface area contributed by atoms with E-state index in [-0.39, 0.29) is 5.38 Å². The molecule has 2 saturated carbocycles. The van der Waals surface area contributed by atoms with Gasteiger partial charge in [-0.3, -0.25) is 0 Å². The van der Waals surface area contributed by atoms with Gasteiger partial charge in [0.05, 0.1) is 5.38 Å². The van der Waals surface area contributed by atoms with Gasteiger partial charge in [-0.1, -0.05) is 44.0 Å². The third kappa shape index (κ3) is 2.12. The van der Waals surface area contributed by atoms with Crippen LogP contribution in [0.1, 0.15) is 49.1 Å². The van der Waals surface area contributed by atoms with Crippen molar-refractivity contribution in [1.29, 1.82) is 0 Å². The van der Waals surface area contributed by atoms with E-state index in [0.717, 1.165) is 17.8 Å². The average molecular weight is 249 g/mol. The molecule has 1 aromatic rings. The van der Waals surface area contributed by atoms with Crippen molar-refractivity contribution in [3.8, 4) is 0 Å². The predicted molar refractivity (Wildman–Crippen MR) is 73.4 cm³/mol. The molecule has 2 fully saturated rings. The monoisotopic (exact) mass is 248 g/mol. The summed E-state index contributed by atoms with van der Waals surface area (Å²) < 4.78 is 0. The lowest BCUT2D eigenvalue weighted by molar-refractivity contribution is 0.573. The summed E-state index contributed by atoms with van der Waals surface area (Å²) in [6.07, 6.45) is 6.68. The zero-order valence-corrected chi connectivity index (χ0v) is 11.3. The Morgan fingerprint density at radius 2 is 1.82 bits per heavy atom. The summed E-state index contributed by atoms with van der Waals surface area (Å²) in [6.45, 7) is 2.23. The van der Waals surface area contributed by atoms with Gasteiger partial charge in [-0.15, -0.1) is 11.6 Å². The van der Waals surface area contributed by atoms with E-state index in [1.54, 1.807) is 0 Å². The van der Waals surface area contributed by atoms with Crippen LogP contribution in [0.25, 0.3) is 0 Å². The first-order valence-corrected chi connectivity index (χ1v) is 7.48. The van der Waals surface area contributed by atoms with Crippen LogP contribution in [0.5, 0.6) is 0 Å². The Bertz CT molecular complexity index is 371. The lowest BCUT2D eigenvalue weighted by Crippen LogP contribution is -1.99. The number of alkyl halides is 1. The molecule has 3 atom stereocenters. The quantitative estimate of drug-likeness (QED) is 0.661. The number of hydrogen-bond donors (Lipinski definition) is 0. The largest absolute Gasteiger partial charge is 0.117 e. The van der Waals surface area contributed by atoms with Crippen LogP contribution in [0.15, 0.2) is 24.3 Å². The topological polar surface area (TPSA) is 0 Å². The number of rotatable bonds is 4. The molecular weight excluding hydrogens is 228 g/mol. The van der Waals surface area contributed by atoms with Crippen LogP contribution < -0.4 is 0 Å². The maximum absolute atomic E-state index is 6.64. The minimum atomic E-state index is 0.265. The normalized spacial score (nSPS) is 32.2.